The number of fused-ring (bicyclic) bond motifs is 1. The summed E-state index contributed by atoms with van der Waals surface area (Å²) in [5.74, 6) is 0.233. The highest BCUT2D eigenvalue weighted by Crippen LogP contribution is 2.51. The minimum Gasteiger partial charge on any atom is -0.497 e. The molecule has 3 atom stereocenters. The molecule has 2 fully saturated rings. The lowest BCUT2D eigenvalue weighted by Crippen LogP contribution is -2.66. The maximum Gasteiger partial charge on any atom is 0.416 e. The van der Waals surface area contributed by atoms with Gasteiger partial charge in [-0.25, -0.2) is 0 Å². The fourth-order valence-corrected chi connectivity index (χ4v) is 4.57. The third-order valence-corrected chi connectivity index (χ3v) is 5.78. The van der Waals surface area contributed by atoms with Crippen LogP contribution in [0.3, 0.4) is 0 Å². The van der Waals surface area contributed by atoms with E-state index in [2.05, 4.69) is 4.90 Å². The normalized spacial score (nSPS) is 32.9. The number of hydrogen-bond acceptors (Lipinski definition) is 4. The van der Waals surface area contributed by atoms with Crippen molar-refractivity contribution in [3.8, 4) is 5.75 Å². The van der Waals surface area contributed by atoms with Crippen LogP contribution in [0.1, 0.15) is 23.1 Å². The number of halogens is 3. The molecule has 0 unspecified atom stereocenters. The lowest BCUT2D eigenvalue weighted by molar-refractivity contribution is -0.220. The van der Waals surface area contributed by atoms with Crippen LogP contribution in [0.4, 0.5) is 13.2 Å². The summed E-state index contributed by atoms with van der Waals surface area (Å²) in [6.07, 6.45) is -3.52. The molecule has 0 aromatic heterocycles. The summed E-state index contributed by atoms with van der Waals surface area (Å²) in [7, 11) is 3.35. The Kier molecular flexibility index (Phi) is 3.60. The highest BCUT2D eigenvalue weighted by Gasteiger charge is 2.57. The highest BCUT2D eigenvalue weighted by molar-refractivity contribution is 5.51. The van der Waals surface area contributed by atoms with Gasteiger partial charge in [-0.1, -0.05) is 0 Å². The number of likely N-dealkylation sites (tertiary alicyclic amines) is 1. The fourth-order valence-electron chi connectivity index (χ4n) is 4.57. The van der Waals surface area contributed by atoms with E-state index in [1.807, 2.05) is 7.05 Å². The Labute approximate surface area is 138 Å². The summed E-state index contributed by atoms with van der Waals surface area (Å²) < 4.78 is 57.5. The molecular weight excluding hydrogens is 323 g/mol. The van der Waals surface area contributed by atoms with Crippen molar-refractivity contribution in [1.82, 2.24) is 4.90 Å². The van der Waals surface area contributed by atoms with Crippen LogP contribution in [0.15, 0.2) is 12.1 Å². The standard InChI is InChI=1S/C17H20F3NO3/c1-21-4-3-16-8-23-9-24-15(16)14(21)7-11-12(16)5-10(22-2)6-13(11)17(18,19)20/h5-6,14-15H,3-4,7-9H2,1-2H3/t14-,15+,16-/m1/s1. The zero-order valence-electron chi connectivity index (χ0n) is 13.7. The molecule has 0 amide bonds. The number of methoxy groups -OCH3 is 1. The number of rotatable bonds is 1. The minimum absolute atomic E-state index is 0.0651. The van der Waals surface area contributed by atoms with Crippen LogP contribution in [0, 0.1) is 0 Å². The molecular formula is C17H20F3NO3. The maximum atomic E-state index is 13.7. The van der Waals surface area contributed by atoms with Crippen molar-refractivity contribution < 1.29 is 27.4 Å². The largest absolute Gasteiger partial charge is 0.497 e. The number of hydrogen-bond donors (Lipinski definition) is 0. The van der Waals surface area contributed by atoms with Crippen molar-refractivity contribution >= 4 is 0 Å². The van der Waals surface area contributed by atoms with Gasteiger partial charge in [0.25, 0.3) is 0 Å². The lowest BCUT2D eigenvalue weighted by Gasteiger charge is -2.57. The van der Waals surface area contributed by atoms with Crippen molar-refractivity contribution in [3.63, 3.8) is 0 Å². The summed E-state index contributed by atoms with van der Waals surface area (Å²) in [5, 5.41) is 0. The van der Waals surface area contributed by atoms with Gasteiger partial charge in [-0.3, -0.25) is 0 Å². The van der Waals surface area contributed by atoms with E-state index in [0.717, 1.165) is 12.6 Å². The Morgan fingerprint density at radius 2 is 2.12 bits per heavy atom. The molecule has 3 aliphatic rings. The molecule has 132 valence electrons. The molecule has 2 saturated heterocycles. The Balaban J connectivity index is 1.96. The molecule has 24 heavy (non-hydrogen) atoms. The van der Waals surface area contributed by atoms with Crippen molar-refractivity contribution in [1.29, 1.82) is 0 Å². The number of alkyl halides is 3. The second kappa shape index (κ2) is 5.34. The molecule has 4 nitrogen and oxygen atoms in total. The van der Waals surface area contributed by atoms with E-state index in [4.69, 9.17) is 14.2 Å². The molecule has 4 rings (SSSR count). The van der Waals surface area contributed by atoms with Gasteiger partial charge in [0.1, 0.15) is 12.5 Å². The van der Waals surface area contributed by atoms with Gasteiger partial charge in [0.2, 0.25) is 0 Å². The minimum atomic E-state index is -4.41. The lowest BCUT2D eigenvalue weighted by atomic mass is 9.61. The van der Waals surface area contributed by atoms with Crippen LogP contribution in [0.2, 0.25) is 0 Å². The van der Waals surface area contributed by atoms with Crippen molar-refractivity contribution in [2.75, 3.05) is 34.1 Å². The molecule has 0 radical (unpaired) electrons. The first-order chi connectivity index (χ1) is 11.4. The predicted molar refractivity (Wildman–Crippen MR) is 80.1 cm³/mol. The van der Waals surface area contributed by atoms with Crippen LogP contribution in [-0.4, -0.2) is 51.1 Å². The average molecular weight is 343 g/mol. The second-order valence-corrected chi connectivity index (χ2v) is 6.91. The smallest absolute Gasteiger partial charge is 0.416 e. The average Bonchev–Trinajstić information content (AvgIpc) is 2.56. The molecule has 0 saturated carbocycles. The van der Waals surface area contributed by atoms with Gasteiger partial charge in [0, 0.05) is 11.5 Å². The molecule has 1 aliphatic carbocycles. The van der Waals surface area contributed by atoms with Crippen molar-refractivity contribution in [3.05, 3.63) is 28.8 Å². The molecule has 0 spiro atoms. The predicted octanol–water partition coefficient (Wildman–Crippen LogP) is 2.58. The monoisotopic (exact) mass is 343 g/mol. The SMILES string of the molecule is COc1cc(C(F)(F)F)c2c(c1)[C@]13CCN(C)[C@H](C2)[C@@H]1OCOC3. The Morgan fingerprint density at radius 1 is 1.33 bits per heavy atom. The Hall–Kier alpha value is -1.31. The quantitative estimate of drug-likeness (QED) is 0.784. The fraction of sp³-hybridized carbons (Fsp3) is 0.647. The third-order valence-electron chi connectivity index (χ3n) is 5.78. The zero-order chi connectivity index (χ0) is 17.1. The van der Waals surface area contributed by atoms with E-state index in [0.29, 0.717) is 30.6 Å². The highest BCUT2D eigenvalue weighted by atomic mass is 19.4. The zero-order valence-corrected chi connectivity index (χ0v) is 13.7. The molecule has 2 heterocycles. The summed E-state index contributed by atoms with van der Waals surface area (Å²) in [5.41, 5.74) is -0.0775. The number of likely N-dealkylation sites (N-methyl/N-ethyl adjacent to an activating group) is 1. The van der Waals surface area contributed by atoms with Crippen LogP contribution in [-0.2, 0) is 27.5 Å². The number of piperidine rings is 1. The van der Waals surface area contributed by atoms with Gasteiger partial charge in [-0.05, 0) is 49.7 Å². The first-order valence-corrected chi connectivity index (χ1v) is 8.05. The first kappa shape index (κ1) is 16.2. The van der Waals surface area contributed by atoms with Gasteiger partial charge < -0.3 is 19.1 Å². The molecule has 1 aromatic rings. The van der Waals surface area contributed by atoms with Crippen LogP contribution in [0.25, 0.3) is 0 Å². The first-order valence-electron chi connectivity index (χ1n) is 8.05. The molecule has 0 N–H and O–H groups in total. The number of ether oxygens (including phenoxy) is 3. The topological polar surface area (TPSA) is 30.9 Å². The van der Waals surface area contributed by atoms with Gasteiger partial charge in [-0.2, -0.15) is 13.2 Å². The van der Waals surface area contributed by atoms with Crippen molar-refractivity contribution in [2.45, 2.75) is 36.6 Å². The summed E-state index contributed by atoms with van der Waals surface area (Å²) in [4.78, 5) is 2.11. The van der Waals surface area contributed by atoms with Gasteiger partial charge in [0.15, 0.2) is 0 Å². The summed E-state index contributed by atoms with van der Waals surface area (Å²) in [6.45, 7) is 1.40. The Morgan fingerprint density at radius 3 is 2.83 bits per heavy atom. The van der Waals surface area contributed by atoms with E-state index in [-0.39, 0.29) is 24.7 Å². The van der Waals surface area contributed by atoms with E-state index in [1.165, 1.54) is 7.11 Å². The van der Waals surface area contributed by atoms with Gasteiger partial charge >= 0.3 is 6.18 Å². The van der Waals surface area contributed by atoms with E-state index in [9.17, 15) is 13.2 Å². The van der Waals surface area contributed by atoms with Gasteiger partial charge in [0.05, 0.1) is 25.4 Å². The molecule has 1 aromatic carbocycles. The van der Waals surface area contributed by atoms with E-state index < -0.39 is 17.2 Å². The van der Waals surface area contributed by atoms with Gasteiger partial charge in [-0.15, -0.1) is 0 Å². The van der Waals surface area contributed by atoms with Crippen LogP contribution < -0.4 is 4.74 Å². The maximum absolute atomic E-state index is 13.7. The van der Waals surface area contributed by atoms with Crippen LogP contribution in [0.5, 0.6) is 5.75 Å². The van der Waals surface area contributed by atoms with E-state index in [1.54, 1.807) is 6.07 Å². The Bertz CT molecular complexity index is 663. The second-order valence-electron chi connectivity index (χ2n) is 6.91. The number of benzene rings is 1. The number of nitrogens with zero attached hydrogens (tertiary/aromatic N) is 1. The summed E-state index contributed by atoms with van der Waals surface area (Å²) in [6, 6.07) is 2.79. The summed E-state index contributed by atoms with van der Waals surface area (Å²) >= 11 is 0. The molecule has 2 aliphatic heterocycles. The third kappa shape index (κ3) is 2.18. The van der Waals surface area contributed by atoms with Crippen molar-refractivity contribution in [2.24, 2.45) is 0 Å². The van der Waals surface area contributed by atoms with Crippen LogP contribution >= 0.6 is 0 Å². The van der Waals surface area contributed by atoms with E-state index >= 15 is 0 Å². The molecule has 2 bridgehead atoms. The molecule has 7 heteroatoms.